The van der Waals surface area contributed by atoms with E-state index < -0.39 is 0 Å². The van der Waals surface area contributed by atoms with Crippen molar-refractivity contribution in [1.29, 1.82) is 5.26 Å². The van der Waals surface area contributed by atoms with E-state index in [0.29, 0.717) is 23.4 Å². The highest BCUT2D eigenvalue weighted by molar-refractivity contribution is 5.99. The zero-order valence-corrected chi connectivity index (χ0v) is 16.1. The number of hydrogen-bond acceptors (Lipinski definition) is 5. The van der Waals surface area contributed by atoms with Crippen molar-refractivity contribution >= 4 is 22.6 Å². The highest BCUT2D eigenvalue weighted by Crippen LogP contribution is 2.20. The summed E-state index contributed by atoms with van der Waals surface area (Å²) in [6, 6.07) is 24.2. The lowest BCUT2D eigenvalue weighted by atomic mass is 10.1. The van der Waals surface area contributed by atoms with E-state index in [1.54, 1.807) is 42.7 Å². The predicted molar refractivity (Wildman–Crippen MR) is 113 cm³/mol. The van der Waals surface area contributed by atoms with Crippen LogP contribution < -0.4 is 10.8 Å². The molecule has 0 atom stereocenters. The van der Waals surface area contributed by atoms with Gasteiger partial charge in [-0.3, -0.25) is 9.63 Å². The Kier molecular flexibility index (Phi) is 5.74. The average Bonchev–Trinajstić information content (AvgIpc) is 3.26. The first kappa shape index (κ1) is 19.2. The van der Waals surface area contributed by atoms with Gasteiger partial charge < -0.3 is 9.73 Å². The van der Waals surface area contributed by atoms with Gasteiger partial charge in [-0.25, -0.2) is 5.48 Å². The van der Waals surface area contributed by atoms with Gasteiger partial charge in [-0.15, -0.1) is 0 Å². The Labute approximate surface area is 173 Å². The molecule has 2 N–H and O–H groups in total. The molecule has 0 spiro atoms. The smallest absolute Gasteiger partial charge is 0.276 e. The lowest BCUT2D eigenvalue weighted by Crippen LogP contribution is -2.24. The van der Waals surface area contributed by atoms with E-state index >= 15 is 0 Å². The van der Waals surface area contributed by atoms with Crippen LogP contribution in [0.15, 0.2) is 83.5 Å². The number of amides is 1. The van der Waals surface area contributed by atoms with Gasteiger partial charge in [0.25, 0.3) is 5.91 Å². The van der Waals surface area contributed by atoms with Gasteiger partial charge in [0.1, 0.15) is 5.58 Å². The first-order valence-electron chi connectivity index (χ1n) is 9.43. The maximum Gasteiger partial charge on any atom is 0.276 e. The molecule has 0 bridgehead atoms. The highest BCUT2D eigenvalue weighted by Gasteiger charge is 2.11. The molecule has 1 heterocycles. The van der Waals surface area contributed by atoms with Crippen molar-refractivity contribution in [2.24, 2.45) is 0 Å². The van der Waals surface area contributed by atoms with E-state index in [4.69, 9.17) is 14.5 Å². The number of para-hydroxylation sites is 1. The van der Waals surface area contributed by atoms with Crippen molar-refractivity contribution in [3.05, 3.63) is 101 Å². The first-order valence-corrected chi connectivity index (χ1v) is 9.43. The summed E-state index contributed by atoms with van der Waals surface area (Å²) >= 11 is 0. The predicted octanol–water partition coefficient (Wildman–Crippen LogP) is 4.78. The van der Waals surface area contributed by atoms with Gasteiger partial charge in [-0.2, -0.15) is 5.26 Å². The largest absolute Gasteiger partial charge is 0.464 e. The van der Waals surface area contributed by atoms with Gasteiger partial charge in [0.05, 0.1) is 30.1 Å². The number of nitrogens with zero attached hydrogens (tertiary/aromatic N) is 1. The van der Waals surface area contributed by atoms with E-state index in [0.717, 1.165) is 22.1 Å². The van der Waals surface area contributed by atoms with Crippen molar-refractivity contribution in [2.75, 3.05) is 5.32 Å². The summed E-state index contributed by atoms with van der Waals surface area (Å²) in [7, 11) is 0. The topological polar surface area (TPSA) is 87.3 Å². The number of nitrogens with one attached hydrogen (secondary N) is 2. The number of anilines is 1. The number of fused-ring (bicyclic) bond motifs is 1. The van der Waals surface area contributed by atoms with Gasteiger partial charge in [0.15, 0.2) is 0 Å². The minimum Gasteiger partial charge on any atom is -0.464 e. The van der Waals surface area contributed by atoms with Gasteiger partial charge in [0.2, 0.25) is 0 Å². The molecule has 6 nitrogen and oxygen atoms in total. The van der Waals surface area contributed by atoms with Crippen molar-refractivity contribution in [3.63, 3.8) is 0 Å². The summed E-state index contributed by atoms with van der Waals surface area (Å²) in [5.41, 5.74) is 7.04. The first-order chi connectivity index (χ1) is 14.7. The van der Waals surface area contributed by atoms with Crippen LogP contribution in [0.4, 0.5) is 5.69 Å². The minimum absolute atomic E-state index is 0.206. The molecule has 0 saturated carbocycles. The molecule has 0 aliphatic carbocycles. The summed E-state index contributed by atoms with van der Waals surface area (Å²) in [4.78, 5) is 17.9. The number of benzene rings is 3. The van der Waals surface area contributed by atoms with Gasteiger partial charge in [-0.05, 0) is 53.6 Å². The molecular formula is C24H19N3O3. The Balaban J connectivity index is 1.36. The number of rotatable bonds is 7. The zero-order valence-electron chi connectivity index (χ0n) is 16.1. The molecule has 148 valence electrons. The van der Waals surface area contributed by atoms with Crippen LogP contribution in [0.25, 0.3) is 11.0 Å². The second-order valence-corrected chi connectivity index (χ2v) is 6.72. The molecule has 1 aromatic heterocycles. The summed E-state index contributed by atoms with van der Waals surface area (Å²) < 4.78 is 5.37. The molecular weight excluding hydrogens is 378 g/mol. The van der Waals surface area contributed by atoms with Crippen LogP contribution in [0.5, 0.6) is 0 Å². The fourth-order valence-electron chi connectivity index (χ4n) is 3.07. The standard InChI is InChI=1S/C24H19N3O3/c25-14-17-5-7-18(8-6-17)16-30-27-24(28)21-3-1-2-4-22(21)26-15-19-9-10-23-20(13-19)11-12-29-23/h1-13,26H,15-16H2,(H,27,28). The summed E-state index contributed by atoms with van der Waals surface area (Å²) in [6.45, 7) is 0.773. The molecule has 4 aromatic rings. The Bertz CT molecular complexity index is 1210. The number of furan rings is 1. The highest BCUT2D eigenvalue weighted by atomic mass is 16.6. The molecule has 4 rings (SSSR count). The van der Waals surface area contributed by atoms with E-state index in [1.165, 1.54) is 0 Å². The minimum atomic E-state index is -0.336. The quantitative estimate of drug-likeness (QED) is 0.438. The summed E-state index contributed by atoms with van der Waals surface area (Å²) in [5.74, 6) is -0.336. The van der Waals surface area contributed by atoms with Crippen LogP contribution in [0.2, 0.25) is 0 Å². The molecule has 0 aliphatic heterocycles. The maximum atomic E-state index is 12.6. The van der Waals surface area contributed by atoms with Crippen LogP contribution >= 0.6 is 0 Å². The Morgan fingerprint density at radius 3 is 2.63 bits per heavy atom. The van der Waals surface area contributed by atoms with E-state index in [1.807, 2.05) is 30.3 Å². The third kappa shape index (κ3) is 4.49. The molecule has 3 aromatic carbocycles. The molecule has 0 fully saturated rings. The molecule has 30 heavy (non-hydrogen) atoms. The van der Waals surface area contributed by atoms with E-state index in [2.05, 4.69) is 22.9 Å². The molecule has 0 aliphatic rings. The average molecular weight is 397 g/mol. The van der Waals surface area contributed by atoms with Crippen molar-refractivity contribution in [2.45, 2.75) is 13.2 Å². The van der Waals surface area contributed by atoms with Crippen LogP contribution in [-0.2, 0) is 18.0 Å². The Morgan fingerprint density at radius 2 is 1.80 bits per heavy atom. The molecule has 0 radical (unpaired) electrons. The summed E-state index contributed by atoms with van der Waals surface area (Å²) in [6.07, 6.45) is 1.67. The maximum absolute atomic E-state index is 12.6. The molecule has 0 saturated heterocycles. The summed E-state index contributed by atoms with van der Waals surface area (Å²) in [5, 5.41) is 13.2. The number of carbonyl (C=O) groups excluding carboxylic acids is 1. The zero-order chi connectivity index (χ0) is 20.8. The van der Waals surface area contributed by atoms with Crippen LogP contribution in [-0.4, -0.2) is 5.91 Å². The second-order valence-electron chi connectivity index (χ2n) is 6.72. The number of carbonyl (C=O) groups is 1. The van der Waals surface area contributed by atoms with Crippen LogP contribution in [0.1, 0.15) is 27.0 Å². The molecule has 6 heteroatoms. The van der Waals surface area contributed by atoms with E-state index in [9.17, 15) is 4.79 Å². The van der Waals surface area contributed by atoms with Crippen LogP contribution in [0.3, 0.4) is 0 Å². The van der Waals surface area contributed by atoms with Gasteiger partial charge >= 0.3 is 0 Å². The lowest BCUT2D eigenvalue weighted by Gasteiger charge is -2.12. The molecule has 0 unspecified atom stereocenters. The SMILES string of the molecule is N#Cc1ccc(CONC(=O)c2ccccc2NCc2ccc3occc3c2)cc1. The number of hydroxylamine groups is 1. The second kappa shape index (κ2) is 8.95. The van der Waals surface area contributed by atoms with E-state index in [-0.39, 0.29) is 12.5 Å². The Hall–Kier alpha value is -4.08. The van der Waals surface area contributed by atoms with Gasteiger partial charge in [0, 0.05) is 17.6 Å². The lowest BCUT2D eigenvalue weighted by molar-refractivity contribution is 0.0234. The van der Waals surface area contributed by atoms with Crippen molar-refractivity contribution in [1.82, 2.24) is 5.48 Å². The van der Waals surface area contributed by atoms with Crippen LogP contribution in [0, 0.1) is 11.3 Å². The third-order valence-corrected chi connectivity index (χ3v) is 4.66. The van der Waals surface area contributed by atoms with Crippen molar-refractivity contribution < 1.29 is 14.0 Å². The Morgan fingerprint density at radius 1 is 1.00 bits per heavy atom. The normalized spacial score (nSPS) is 10.5. The van der Waals surface area contributed by atoms with Gasteiger partial charge in [-0.1, -0.05) is 30.3 Å². The monoisotopic (exact) mass is 397 g/mol. The number of nitriles is 1. The number of hydrogen-bond donors (Lipinski definition) is 2. The fourth-order valence-corrected chi connectivity index (χ4v) is 3.07. The third-order valence-electron chi connectivity index (χ3n) is 4.66. The van der Waals surface area contributed by atoms with Crippen molar-refractivity contribution in [3.8, 4) is 6.07 Å². The molecule has 1 amide bonds. The fraction of sp³-hybridized carbons (Fsp3) is 0.0833.